The van der Waals surface area contributed by atoms with Gasteiger partial charge in [-0.25, -0.2) is 9.97 Å². The minimum absolute atomic E-state index is 0.0644. The number of nitrogen functional groups attached to an aromatic ring is 1. The number of imidazole rings is 1. The second kappa shape index (κ2) is 5.71. The summed E-state index contributed by atoms with van der Waals surface area (Å²) in [4.78, 5) is 13.7. The van der Waals surface area contributed by atoms with E-state index in [9.17, 15) is 15.3 Å². The Hall–Kier alpha value is -2.11. The van der Waals surface area contributed by atoms with E-state index in [0.29, 0.717) is 16.9 Å². The molecular weight excluding hydrogens is 346 g/mol. The Kier molecular flexibility index (Phi) is 3.74. The average Bonchev–Trinajstić information content (AvgIpc) is 3.28. The molecule has 4 rings (SSSR count). The lowest BCUT2D eigenvalue weighted by molar-refractivity contribution is -0.0950. The molecule has 1 aliphatic heterocycles. The van der Waals surface area contributed by atoms with E-state index in [-0.39, 0.29) is 5.95 Å². The van der Waals surface area contributed by atoms with Crippen LogP contribution in [-0.4, -0.2) is 59.3 Å². The summed E-state index contributed by atoms with van der Waals surface area (Å²) in [5.41, 5.74) is 5.70. The van der Waals surface area contributed by atoms with Crippen LogP contribution in [0.3, 0.4) is 0 Å². The third-order valence-electron chi connectivity index (χ3n) is 4.38. The largest absolute Gasteiger partial charge is 0.394 e. The van der Waals surface area contributed by atoms with Gasteiger partial charge in [0.15, 0.2) is 11.9 Å². The highest BCUT2D eigenvalue weighted by Crippen LogP contribution is 2.40. The Labute approximate surface area is 146 Å². The molecule has 0 amide bonds. The van der Waals surface area contributed by atoms with Crippen LogP contribution in [0.2, 0.25) is 0 Å². The maximum atomic E-state index is 10.7. The first-order valence-corrected chi connectivity index (χ1v) is 8.52. The summed E-state index contributed by atoms with van der Waals surface area (Å²) in [5, 5.41) is 32.1. The lowest BCUT2D eigenvalue weighted by atomic mass is 9.96. The van der Waals surface area contributed by atoms with Gasteiger partial charge in [0.2, 0.25) is 5.95 Å². The number of rotatable bonds is 3. The summed E-state index contributed by atoms with van der Waals surface area (Å²) in [6.07, 6.45) is -1.68. The highest BCUT2D eigenvalue weighted by Gasteiger charge is 2.53. The van der Waals surface area contributed by atoms with Crippen molar-refractivity contribution in [3.05, 3.63) is 23.8 Å². The fourth-order valence-electron chi connectivity index (χ4n) is 3.08. The Morgan fingerprint density at radius 1 is 1.44 bits per heavy atom. The normalized spacial score (nSPS) is 29.5. The van der Waals surface area contributed by atoms with E-state index in [1.54, 1.807) is 0 Å². The monoisotopic (exact) mass is 363 g/mol. The number of nitrogens with two attached hydrogens (primary N) is 1. The zero-order valence-corrected chi connectivity index (χ0v) is 14.1. The molecule has 1 unspecified atom stereocenters. The van der Waals surface area contributed by atoms with Crippen molar-refractivity contribution in [2.24, 2.45) is 0 Å². The van der Waals surface area contributed by atoms with Crippen LogP contribution in [0.1, 0.15) is 13.2 Å². The maximum Gasteiger partial charge on any atom is 0.222 e. The Morgan fingerprint density at radius 2 is 2.24 bits per heavy atom. The van der Waals surface area contributed by atoms with E-state index in [1.165, 1.54) is 29.2 Å². The van der Waals surface area contributed by atoms with Crippen LogP contribution in [0.4, 0.5) is 5.95 Å². The molecule has 0 aliphatic carbocycles. The summed E-state index contributed by atoms with van der Waals surface area (Å²) in [5.74, 6) is 0.0644. The van der Waals surface area contributed by atoms with Crippen LogP contribution in [-0.2, 0) is 4.74 Å². The van der Waals surface area contributed by atoms with Crippen molar-refractivity contribution in [2.45, 2.75) is 31.0 Å². The molecule has 5 N–H and O–H groups in total. The van der Waals surface area contributed by atoms with Gasteiger partial charge in [0, 0.05) is 0 Å². The number of thiophene rings is 1. The van der Waals surface area contributed by atoms with Crippen molar-refractivity contribution in [1.82, 2.24) is 19.5 Å². The van der Waals surface area contributed by atoms with E-state index >= 15 is 0 Å². The fourth-order valence-corrected chi connectivity index (χ4v) is 3.80. The molecule has 3 aromatic rings. The highest BCUT2D eigenvalue weighted by atomic mass is 32.1. The Balaban J connectivity index is 1.87. The van der Waals surface area contributed by atoms with Crippen LogP contribution in [0.15, 0.2) is 23.8 Å². The molecule has 4 atom stereocenters. The molecule has 4 heterocycles. The summed E-state index contributed by atoms with van der Waals surface area (Å²) < 4.78 is 7.14. The molecule has 9 nitrogen and oxygen atoms in total. The van der Waals surface area contributed by atoms with E-state index < -0.39 is 30.6 Å². The maximum absolute atomic E-state index is 10.7. The first-order valence-electron chi connectivity index (χ1n) is 7.64. The van der Waals surface area contributed by atoms with Crippen LogP contribution in [0.25, 0.3) is 21.7 Å². The van der Waals surface area contributed by atoms with Gasteiger partial charge in [-0.15, -0.1) is 11.3 Å². The van der Waals surface area contributed by atoms with E-state index in [4.69, 9.17) is 10.5 Å². The van der Waals surface area contributed by atoms with Crippen LogP contribution in [0, 0.1) is 0 Å². The number of aromatic nitrogens is 4. The van der Waals surface area contributed by atoms with Gasteiger partial charge in [-0.05, 0) is 18.4 Å². The van der Waals surface area contributed by atoms with Gasteiger partial charge in [0.05, 0.1) is 17.8 Å². The van der Waals surface area contributed by atoms with Gasteiger partial charge in [0.25, 0.3) is 0 Å². The highest BCUT2D eigenvalue weighted by molar-refractivity contribution is 7.13. The summed E-state index contributed by atoms with van der Waals surface area (Å²) in [6.45, 7) is 1.02. The van der Waals surface area contributed by atoms with Crippen molar-refractivity contribution in [3.8, 4) is 10.6 Å². The molecule has 0 saturated carbocycles. The fraction of sp³-hybridized carbons (Fsp3) is 0.400. The standard InChI is InChI=1S/C15H17N5O4S/c1-15(23)11(22)7(5-21)24-13(15)20-6-17-10-9(8-3-2-4-25-8)18-14(16)19-12(10)20/h2-4,6-7,11,13,21-23H,5H2,1H3,(H2,16,18,19)/t7-,11-,13?,15-/m1/s1. The summed E-state index contributed by atoms with van der Waals surface area (Å²) >= 11 is 1.50. The van der Waals surface area contributed by atoms with Crippen LogP contribution < -0.4 is 5.73 Å². The average molecular weight is 363 g/mol. The van der Waals surface area contributed by atoms with Crippen molar-refractivity contribution in [3.63, 3.8) is 0 Å². The summed E-state index contributed by atoms with van der Waals surface area (Å²) in [7, 11) is 0. The topological polar surface area (TPSA) is 140 Å². The molecule has 1 fully saturated rings. The molecule has 0 bridgehead atoms. The van der Waals surface area contributed by atoms with Crippen molar-refractivity contribution in [2.75, 3.05) is 12.3 Å². The quantitative estimate of drug-likeness (QED) is 0.515. The minimum Gasteiger partial charge on any atom is -0.394 e. The van der Waals surface area contributed by atoms with E-state index in [1.807, 2.05) is 17.5 Å². The van der Waals surface area contributed by atoms with Crippen molar-refractivity contribution >= 4 is 28.4 Å². The Morgan fingerprint density at radius 3 is 2.88 bits per heavy atom. The van der Waals surface area contributed by atoms with Crippen LogP contribution >= 0.6 is 11.3 Å². The molecule has 25 heavy (non-hydrogen) atoms. The van der Waals surface area contributed by atoms with Gasteiger partial charge in [-0.2, -0.15) is 4.98 Å². The zero-order valence-electron chi connectivity index (χ0n) is 13.3. The van der Waals surface area contributed by atoms with Crippen LogP contribution in [0.5, 0.6) is 0 Å². The first-order chi connectivity index (χ1) is 11.9. The second-order valence-corrected chi connectivity index (χ2v) is 7.06. The lowest BCUT2D eigenvalue weighted by Gasteiger charge is -2.27. The van der Waals surface area contributed by atoms with Gasteiger partial charge >= 0.3 is 0 Å². The molecule has 10 heteroatoms. The molecule has 0 spiro atoms. The second-order valence-electron chi connectivity index (χ2n) is 6.11. The first kappa shape index (κ1) is 16.4. The van der Waals surface area contributed by atoms with Gasteiger partial charge in [-0.1, -0.05) is 6.07 Å². The molecule has 0 radical (unpaired) electrons. The number of aliphatic hydroxyl groups is 3. The minimum atomic E-state index is -1.64. The van der Waals surface area contributed by atoms with Gasteiger partial charge in [-0.3, -0.25) is 4.57 Å². The van der Waals surface area contributed by atoms with E-state index in [0.717, 1.165) is 4.88 Å². The number of fused-ring (bicyclic) bond motifs is 1. The molecule has 1 saturated heterocycles. The third-order valence-corrected chi connectivity index (χ3v) is 5.26. The Bertz CT molecular complexity index is 910. The van der Waals surface area contributed by atoms with Crippen molar-refractivity contribution < 1.29 is 20.1 Å². The molecule has 1 aliphatic rings. The molecule has 132 valence electrons. The SMILES string of the molecule is C[C@]1(O)C(n2cnc3c(-c4cccs4)nc(N)nc32)O[C@H](CO)[C@H]1O. The molecule has 3 aromatic heterocycles. The lowest BCUT2D eigenvalue weighted by Crippen LogP contribution is -2.44. The molecule has 0 aromatic carbocycles. The predicted molar refractivity (Wildman–Crippen MR) is 90.7 cm³/mol. The molecular formula is C15H17N5O4S. The van der Waals surface area contributed by atoms with Gasteiger partial charge in [0.1, 0.15) is 29.0 Å². The number of ether oxygens (including phenoxy) is 1. The predicted octanol–water partition coefficient (Wildman–Crippen LogP) is 0.139. The zero-order chi connectivity index (χ0) is 17.8. The number of hydrogen-bond donors (Lipinski definition) is 4. The third kappa shape index (κ3) is 2.41. The smallest absolute Gasteiger partial charge is 0.222 e. The van der Waals surface area contributed by atoms with Gasteiger partial charge < -0.3 is 25.8 Å². The van der Waals surface area contributed by atoms with E-state index in [2.05, 4.69) is 15.0 Å². The van der Waals surface area contributed by atoms with Crippen molar-refractivity contribution in [1.29, 1.82) is 0 Å². The number of aliphatic hydroxyl groups excluding tert-OH is 2. The number of hydrogen-bond acceptors (Lipinski definition) is 9. The summed E-state index contributed by atoms with van der Waals surface area (Å²) in [6, 6.07) is 3.80. The number of anilines is 1. The number of nitrogens with zero attached hydrogens (tertiary/aromatic N) is 4.